The molecule has 108 valence electrons. The Balaban J connectivity index is 1.88. The molecule has 0 saturated heterocycles. The number of fused-ring (bicyclic) bond motifs is 1. The predicted molar refractivity (Wildman–Crippen MR) is 84.1 cm³/mol. The van der Waals surface area contributed by atoms with Crippen LogP contribution in [0.5, 0.6) is 5.75 Å². The van der Waals surface area contributed by atoms with Gasteiger partial charge in [-0.3, -0.25) is 4.68 Å². The fourth-order valence-electron chi connectivity index (χ4n) is 2.53. The number of ether oxygens (including phenoxy) is 1. The Bertz CT molecular complexity index is 762. The number of nitrogens with two attached hydrogens (primary N) is 1. The predicted octanol–water partition coefficient (Wildman–Crippen LogP) is 3.17. The Labute approximate surface area is 124 Å². The summed E-state index contributed by atoms with van der Waals surface area (Å²) in [5, 5.41) is 5.66. The maximum absolute atomic E-state index is 5.98. The van der Waals surface area contributed by atoms with E-state index in [4.69, 9.17) is 10.5 Å². The largest absolute Gasteiger partial charge is 0.487 e. The average molecular weight is 281 g/mol. The van der Waals surface area contributed by atoms with E-state index in [-0.39, 0.29) is 6.04 Å². The summed E-state index contributed by atoms with van der Waals surface area (Å²) in [6.45, 7) is 2.39. The molecule has 0 fully saturated rings. The van der Waals surface area contributed by atoms with Gasteiger partial charge in [-0.1, -0.05) is 36.4 Å². The summed E-state index contributed by atoms with van der Waals surface area (Å²) >= 11 is 0. The molecule has 4 heteroatoms. The molecule has 2 aromatic carbocycles. The van der Waals surface area contributed by atoms with Gasteiger partial charge in [0.2, 0.25) is 0 Å². The molecule has 1 aromatic heterocycles. The van der Waals surface area contributed by atoms with Crippen molar-refractivity contribution in [2.24, 2.45) is 12.8 Å². The Morgan fingerprint density at radius 1 is 1.14 bits per heavy atom. The van der Waals surface area contributed by atoms with E-state index in [2.05, 4.69) is 17.2 Å². The van der Waals surface area contributed by atoms with Crippen molar-refractivity contribution in [1.29, 1.82) is 0 Å². The smallest absolute Gasteiger partial charge is 0.133 e. The monoisotopic (exact) mass is 281 g/mol. The molecule has 21 heavy (non-hydrogen) atoms. The fraction of sp³-hybridized carbons (Fsp3) is 0.235. The van der Waals surface area contributed by atoms with E-state index < -0.39 is 0 Å². The molecule has 0 saturated carbocycles. The molecule has 3 rings (SSSR count). The van der Waals surface area contributed by atoms with E-state index in [1.165, 1.54) is 0 Å². The van der Waals surface area contributed by atoms with Gasteiger partial charge < -0.3 is 10.5 Å². The average Bonchev–Trinajstić information content (AvgIpc) is 2.82. The molecule has 1 heterocycles. The van der Waals surface area contributed by atoms with Gasteiger partial charge in [-0.15, -0.1) is 0 Å². The summed E-state index contributed by atoms with van der Waals surface area (Å²) in [6.07, 6.45) is 0. The highest BCUT2D eigenvalue weighted by Crippen LogP contribution is 2.25. The van der Waals surface area contributed by atoms with Crippen LogP contribution in [0.25, 0.3) is 10.9 Å². The highest BCUT2D eigenvalue weighted by Gasteiger charge is 2.11. The van der Waals surface area contributed by atoms with Crippen molar-refractivity contribution in [3.63, 3.8) is 0 Å². The lowest BCUT2D eigenvalue weighted by Crippen LogP contribution is -2.08. The van der Waals surface area contributed by atoms with Crippen LogP contribution in [-0.4, -0.2) is 9.78 Å². The summed E-state index contributed by atoms with van der Waals surface area (Å²) in [4.78, 5) is 0. The maximum atomic E-state index is 5.98. The number of hydrogen-bond acceptors (Lipinski definition) is 3. The normalized spacial score (nSPS) is 12.5. The first-order chi connectivity index (χ1) is 10.2. The summed E-state index contributed by atoms with van der Waals surface area (Å²) in [7, 11) is 1.95. The van der Waals surface area contributed by atoms with Gasteiger partial charge >= 0.3 is 0 Å². The minimum absolute atomic E-state index is 0.0540. The van der Waals surface area contributed by atoms with Crippen LogP contribution in [0.3, 0.4) is 0 Å². The molecule has 0 spiro atoms. The number of nitrogens with zero attached hydrogens (tertiary/aromatic N) is 2. The number of aryl methyl sites for hydroxylation is 1. The third-order valence-electron chi connectivity index (χ3n) is 3.61. The molecule has 4 nitrogen and oxygen atoms in total. The molecule has 0 aliphatic rings. The van der Waals surface area contributed by atoms with Crippen molar-refractivity contribution in [2.45, 2.75) is 19.6 Å². The summed E-state index contributed by atoms with van der Waals surface area (Å²) in [5.41, 5.74) is 9.04. The number of benzene rings is 2. The zero-order valence-corrected chi connectivity index (χ0v) is 12.3. The highest BCUT2D eigenvalue weighted by atomic mass is 16.5. The van der Waals surface area contributed by atoms with Crippen LogP contribution in [0.4, 0.5) is 0 Å². The molecule has 0 radical (unpaired) electrons. The zero-order chi connectivity index (χ0) is 14.8. The van der Waals surface area contributed by atoms with Gasteiger partial charge in [-0.05, 0) is 19.1 Å². The third-order valence-corrected chi connectivity index (χ3v) is 3.61. The van der Waals surface area contributed by atoms with Crippen LogP contribution < -0.4 is 10.5 Å². The standard InChI is InChI=1S/C17H19N3O/c1-12(18)13-7-4-6-10-17(13)21-11-15-14-8-3-5-9-16(14)20(2)19-15/h3-10,12H,11,18H2,1-2H3. The van der Waals surface area contributed by atoms with E-state index in [1.54, 1.807) is 0 Å². The van der Waals surface area contributed by atoms with Crippen LogP contribution in [0, 0.1) is 0 Å². The van der Waals surface area contributed by atoms with Gasteiger partial charge in [0, 0.05) is 24.0 Å². The third kappa shape index (κ3) is 2.62. The molecular weight excluding hydrogens is 262 g/mol. The van der Waals surface area contributed by atoms with Gasteiger partial charge in [0.15, 0.2) is 0 Å². The quantitative estimate of drug-likeness (QED) is 0.799. The van der Waals surface area contributed by atoms with Crippen LogP contribution >= 0.6 is 0 Å². The maximum Gasteiger partial charge on any atom is 0.133 e. The molecule has 1 unspecified atom stereocenters. The lowest BCUT2D eigenvalue weighted by atomic mass is 10.1. The number of para-hydroxylation sites is 2. The SMILES string of the molecule is CC(N)c1ccccc1OCc1nn(C)c2ccccc12. The molecular formula is C17H19N3O. The summed E-state index contributed by atoms with van der Waals surface area (Å²) < 4.78 is 7.83. The first-order valence-corrected chi connectivity index (χ1v) is 7.04. The first kappa shape index (κ1) is 13.6. The van der Waals surface area contributed by atoms with Crippen molar-refractivity contribution in [1.82, 2.24) is 9.78 Å². The zero-order valence-electron chi connectivity index (χ0n) is 12.3. The molecule has 2 N–H and O–H groups in total. The lowest BCUT2D eigenvalue weighted by molar-refractivity contribution is 0.297. The second-order valence-electron chi connectivity index (χ2n) is 5.20. The lowest BCUT2D eigenvalue weighted by Gasteiger charge is -2.13. The Hall–Kier alpha value is -2.33. The summed E-state index contributed by atoms with van der Waals surface area (Å²) in [5.74, 6) is 0.822. The topological polar surface area (TPSA) is 53.1 Å². The van der Waals surface area contributed by atoms with Crippen molar-refractivity contribution < 1.29 is 4.74 Å². The van der Waals surface area contributed by atoms with Crippen molar-refractivity contribution in [3.8, 4) is 5.75 Å². The molecule has 0 bridgehead atoms. The minimum Gasteiger partial charge on any atom is -0.487 e. The molecule has 0 amide bonds. The summed E-state index contributed by atoms with van der Waals surface area (Å²) in [6, 6.07) is 16.0. The Morgan fingerprint density at radius 3 is 2.67 bits per heavy atom. The van der Waals surface area contributed by atoms with Crippen LogP contribution in [0.15, 0.2) is 48.5 Å². The van der Waals surface area contributed by atoms with Crippen molar-refractivity contribution in [3.05, 3.63) is 59.8 Å². The molecule has 0 aliphatic heterocycles. The second-order valence-corrected chi connectivity index (χ2v) is 5.20. The van der Waals surface area contributed by atoms with Crippen LogP contribution in [0.2, 0.25) is 0 Å². The van der Waals surface area contributed by atoms with Gasteiger partial charge in [-0.2, -0.15) is 5.10 Å². The minimum atomic E-state index is -0.0540. The van der Waals surface area contributed by atoms with E-state index in [0.29, 0.717) is 6.61 Å². The Kier molecular flexibility index (Phi) is 3.62. The molecule has 0 aliphatic carbocycles. The first-order valence-electron chi connectivity index (χ1n) is 7.04. The van der Waals surface area contributed by atoms with Crippen LogP contribution in [0.1, 0.15) is 24.2 Å². The van der Waals surface area contributed by atoms with E-state index in [1.807, 2.05) is 55.1 Å². The van der Waals surface area contributed by atoms with Crippen molar-refractivity contribution in [2.75, 3.05) is 0 Å². The van der Waals surface area contributed by atoms with Gasteiger partial charge in [0.1, 0.15) is 18.1 Å². The van der Waals surface area contributed by atoms with Gasteiger partial charge in [0.05, 0.1) is 5.52 Å². The van der Waals surface area contributed by atoms with Crippen molar-refractivity contribution >= 4 is 10.9 Å². The van der Waals surface area contributed by atoms with E-state index >= 15 is 0 Å². The number of hydrogen-bond donors (Lipinski definition) is 1. The second kappa shape index (κ2) is 5.58. The van der Waals surface area contributed by atoms with E-state index in [9.17, 15) is 0 Å². The number of rotatable bonds is 4. The fourth-order valence-corrected chi connectivity index (χ4v) is 2.53. The van der Waals surface area contributed by atoms with E-state index in [0.717, 1.165) is 27.9 Å². The highest BCUT2D eigenvalue weighted by molar-refractivity contribution is 5.81. The molecule has 1 atom stereocenters. The Morgan fingerprint density at radius 2 is 1.86 bits per heavy atom. The number of aromatic nitrogens is 2. The van der Waals surface area contributed by atoms with Gasteiger partial charge in [-0.25, -0.2) is 0 Å². The van der Waals surface area contributed by atoms with Gasteiger partial charge in [0.25, 0.3) is 0 Å². The molecule has 3 aromatic rings. The van der Waals surface area contributed by atoms with Crippen LogP contribution in [-0.2, 0) is 13.7 Å².